The van der Waals surface area contributed by atoms with Crippen molar-refractivity contribution < 1.29 is 9.13 Å². The molecule has 0 amide bonds. The van der Waals surface area contributed by atoms with E-state index in [1.54, 1.807) is 10.8 Å². The molecule has 7 nitrogen and oxygen atoms in total. The summed E-state index contributed by atoms with van der Waals surface area (Å²) in [5.74, 6) is 0.132. The Morgan fingerprint density at radius 3 is 2.67 bits per heavy atom. The number of nitrogens with one attached hydrogen (secondary N) is 1. The summed E-state index contributed by atoms with van der Waals surface area (Å²) in [5, 5.41) is 4.99. The largest absolute Gasteiger partial charge is 0.378 e. The number of halogens is 1. The van der Waals surface area contributed by atoms with E-state index in [-0.39, 0.29) is 17.7 Å². The molecule has 6 rings (SSSR count). The zero-order valence-electron chi connectivity index (χ0n) is 19.3. The van der Waals surface area contributed by atoms with Crippen molar-refractivity contribution in [3.8, 4) is 11.3 Å². The first kappa shape index (κ1) is 20.7. The van der Waals surface area contributed by atoms with Crippen LogP contribution < -0.4 is 0 Å². The topological polar surface area (TPSA) is 71.3 Å². The van der Waals surface area contributed by atoms with E-state index in [1.165, 1.54) is 0 Å². The van der Waals surface area contributed by atoms with Gasteiger partial charge < -0.3 is 9.72 Å². The Morgan fingerprint density at radius 1 is 1.18 bits per heavy atom. The number of piperidine rings is 1. The van der Waals surface area contributed by atoms with Crippen molar-refractivity contribution in [2.45, 2.75) is 51.5 Å². The average Bonchev–Trinajstić information content (AvgIpc) is 3.39. The Labute approximate surface area is 192 Å². The number of H-pyrrole nitrogens is 1. The number of rotatable bonds is 4. The summed E-state index contributed by atoms with van der Waals surface area (Å²) in [6.07, 6.45) is 7.19. The molecule has 0 aromatic carbocycles. The molecule has 0 spiro atoms. The summed E-state index contributed by atoms with van der Waals surface area (Å²) in [6.45, 7) is 9.86. The van der Waals surface area contributed by atoms with E-state index in [9.17, 15) is 0 Å². The normalized spacial score (nSPS) is 18.6. The Kier molecular flexibility index (Phi) is 4.96. The fourth-order valence-electron chi connectivity index (χ4n) is 5.48. The highest BCUT2D eigenvalue weighted by Gasteiger charge is 2.32. The van der Waals surface area contributed by atoms with E-state index in [4.69, 9.17) is 4.74 Å². The van der Waals surface area contributed by atoms with Crippen molar-refractivity contribution in [3.63, 3.8) is 0 Å². The molecule has 2 fully saturated rings. The third-order valence-corrected chi connectivity index (χ3v) is 7.32. The number of ether oxygens (including phenoxy) is 1. The van der Waals surface area contributed by atoms with E-state index >= 15 is 4.39 Å². The van der Waals surface area contributed by atoms with E-state index in [1.807, 2.05) is 19.3 Å². The number of hydrogen-bond donors (Lipinski definition) is 1. The lowest BCUT2D eigenvalue weighted by Gasteiger charge is -2.41. The van der Waals surface area contributed by atoms with Crippen LogP contribution in [0.2, 0.25) is 0 Å². The molecule has 0 atom stereocenters. The molecule has 0 radical (unpaired) electrons. The van der Waals surface area contributed by atoms with Gasteiger partial charge in [-0.3, -0.25) is 9.88 Å². The minimum absolute atomic E-state index is 0.144. The molecule has 4 aromatic heterocycles. The fourth-order valence-corrected chi connectivity index (χ4v) is 5.48. The molecule has 33 heavy (non-hydrogen) atoms. The van der Waals surface area contributed by atoms with Crippen molar-refractivity contribution >= 4 is 16.6 Å². The van der Waals surface area contributed by atoms with Crippen molar-refractivity contribution in [3.05, 3.63) is 47.4 Å². The van der Waals surface area contributed by atoms with Gasteiger partial charge in [-0.1, -0.05) is 13.8 Å². The Balaban J connectivity index is 1.41. The average molecular weight is 449 g/mol. The Bertz CT molecular complexity index is 1330. The van der Waals surface area contributed by atoms with Crippen LogP contribution in [0.1, 0.15) is 55.3 Å². The number of aromatic amines is 1. The molecule has 6 heterocycles. The molecular formula is C25H29FN6O. The minimum atomic E-state index is -0.164. The summed E-state index contributed by atoms with van der Waals surface area (Å²) in [5.41, 5.74) is 6.12. The summed E-state index contributed by atoms with van der Waals surface area (Å²) in [7, 11) is 0. The van der Waals surface area contributed by atoms with Crippen LogP contribution in [0.25, 0.3) is 27.8 Å². The van der Waals surface area contributed by atoms with Crippen LogP contribution in [0.5, 0.6) is 0 Å². The zero-order valence-corrected chi connectivity index (χ0v) is 19.3. The fraction of sp³-hybridized carbons (Fsp3) is 0.480. The predicted octanol–water partition coefficient (Wildman–Crippen LogP) is 4.42. The summed E-state index contributed by atoms with van der Waals surface area (Å²) in [4.78, 5) is 14.9. The van der Waals surface area contributed by atoms with Crippen molar-refractivity contribution in [1.29, 1.82) is 0 Å². The number of aryl methyl sites for hydroxylation is 1. The summed E-state index contributed by atoms with van der Waals surface area (Å²) in [6, 6.07) is 2.63. The van der Waals surface area contributed by atoms with Gasteiger partial charge in [0, 0.05) is 23.1 Å². The standard InChI is InChI=1S/C25H29FN6O/c1-14(2)20-21-19(30-23(20)17-8-15(3)25-28-13-29-32(25)10-17)9-27-24(22(21)26)16-4-6-31(7-5-16)18-11-33-12-18/h8-10,13-14,16,18,30H,4-7,11-12H2,1-3H3. The molecule has 2 saturated heterocycles. The maximum absolute atomic E-state index is 16.1. The lowest BCUT2D eigenvalue weighted by atomic mass is 9.89. The highest BCUT2D eigenvalue weighted by Crippen LogP contribution is 2.40. The first-order chi connectivity index (χ1) is 16.0. The molecule has 4 aromatic rings. The van der Waals surface area contributed by atoms with Crippen LogP contribution in [0, 0.1) is 12.7 Å². The quantitative estimate of drug-likeness (QED) is 0.500. The molecule has 172 valence electrons. The molecule has 2 aliphatic heterocycles. The number of hydrogen-bond acceptors (Lipinski definition) is 5. The molecular weight excluding hydrogens is 419 g/mol. The van der Waals surface area contributed by atoms with E-state index in [2.05, 4.69) is 44.9 Å². The molecule has 0 bridgehead atoms. The van der Waals surface area contributed by atoms with Gasteiger partial charge in [0.15, 0.2) is 11.5 Å². The predicted molar refractivity (Wildman–Crippen MR) is 125 cm³/mol. The van der Waals surface area contributed by atoms with Crippen LogP contribution in [0.15, 0.2) is 24.8 Å². The Hall–Kier alpha value is -2.84. The van der Waals surface area contributed by atoms with Gasteiger partial charge in [0.1, 0.15) is 6.33 Å². The molecule has 1 N–H and O–H groups in total. The summed E-state index contributed by atoms with van der Waals surface area (Å²) >= 11 is 0. The van der Waals surface area contributed by atoms with Crippen molar-refractivity contribution in [2.75, 3.05) is 26.3 Å². The van der Waals surface area contributed by atoms with Crippen LogP contribution in [-0.2, 0) is 4.74 Å². The second-order valence-electron chi connectivity index (χ2n) is 9.76. The number of likely N-dealkylation sites (tertiary alicyclic amines) is 1. The SMILES string of the molecule is Cc1cc(-c2[nH]c3cnc(C4CCN(C5COC5)CC4)c(F)c3c2C(C)C)cn2ncnc12. The highest BCUT2D eigenvalue weighted by atomic mass is 19.1. The lowest BCUT2D eigenvalue weighted by molar-refractivity contribution is -0.0714. The molecule has 2 aliphatic rings. The van der Waals surface area contributed by atoms with E-state index < -0.39 is 0 Å². The number of nitrogens with zero attached hydrogens (tertiary/aromatic N) is 5. The summed E-state index contributed by atoms with van der Waals surface area (Å²) < 4.78 is 23.2. The van der Waals surface area contributed by atoms with Gasteiger partial charge in [-0.15, -0.1) is 0 Å². The molecule has 8 heteroatoms. The minimum Gasteiger partial charge on any atom is -0.378 e. The van der Waals surface area contributed by atoms with Gasteiger partial charge >= 0.3 is 0 Å². The molecule has 0 saturated carbocycles. The van der Waals surface area contributed by atoms with E-state index in [0.29, 0.717) is 17.1 Å². The van der Waals surface area contributed by atoms with Gasteiger partial charge in [0.2, 0.25) is 0 Å². The number of fused-ring (bicyclic) bond motifs is 2. The van der Waals surface area contributed by atoms with Crippen LogP contribution in [0.4, 0.5) is 4.39 Å². The molecule has 0 unspecified atom stereocenters. The highest BCUT2D eigenvalue weighted by molar-refractivity contribution is 5.92. The van der Waals surface area contributed by atoms with Crippen LogP contribution >= 0.6 is 0 Å². The van der Waals surface area contributed by atoms with Gasteiger partial charge in [-0.05, 0) is 56.0 Å². The van der Waals surface area contributed by atoms with Gasteiger partial charge in [0.25, 0.3) is 0 Å². The number of aromatic nitrogens is 5. The van der Waals surface area contributed by atoms with Gasteiger partial charge in [0.05, 0.1) is 42.4 Å². The van der Waals surface area contributed by atoms with E-state index in [0.717, 1.165) is 72.7 Å². The van der Waals surface area contributed by atoms with Gasteiger partial charge in [-0.2, -0.15) is 5.10 Å². The van der Waals surface area contributed by atoms with Gasteiger partial charge in [-0.25, -0.2) is 13.9 Å². The van der Waals surface area contributed by atoms with Crippen molar-refractivity contribution in [1.82, 2.24) is 29.5 Å². The van der Waals surface area contributed by atoms with Crippen molar-refractivity contribution in [2.24, 2.45) is 0 Å². The second-order valence-corrected chi connectivity index (χ2v) is 9.76. The monoisotopic (exact) mass is 448 g/mol. The maximum Gasteiger partial charge on any atom is 0.158 e. The first-order valence-electron chi connectivity index (χ1n) is 11.8. The second kappa shape index (κ2) is 7.88. The first-order valence-corrected chi connectivity index (χ1v) is 11.8. The molecule has 0 aliphatic carbocycles. The van der Waals surface area contributed by atoms with Crippen LogP contribution in [-0.4, -0.2) is 61.8 Å². The Morgan fingerprint density at radius 2 is 1.97 bits per heavy atom. The number of pyridine rings is 2. The maximum atomic E-state index is 16.1. The third-order valence-electron chi connectivity index (χ3n) is 7.32. The zero-order chi connectivity index (χ0) is 22.7. The third kappa shape index (κ3) is 3.35. The smallest absolute Gasteiger partial charge is 0.158 e. The lowest BCUT2D eigenvalue weighted by Crippen LogP contribution is -2.51. The van der Waals surface area contributed by atoms with Crippen LogP contribution in [0.3, 0.4) is 0 Å².